The normalized spacial score (nSPS) is 27.4. The maximum absolute atomic E-state index is 12.0. The van der Waals surface area contributed by atoms with Crippen LogP contribution in [0.4, 0.5) is 5.69 Å². The monoisotopic (exact) mass is 352 g/mol. The number of benzene rings is 1. The fourth-order valence-corrected chi connectivity index (χ4v) is 6.95. The topological polar surface area (TPSA) is 66.8 Å². The molecule has 0 radical (unpaired) electrons. The smallest absolute Gasteiger partial charge is 0.247 e. The van der Waals surface area contributed by atoms with Crippen molar-refractivity contribution in [1.29, 1.82) is 0 Å². The maximum atomic E-state index is 12.0. The first-order valence-electron chi connectivity index (χ1n) is 7.66. The quantitative estimate of drug-likeness (QED) is 0.817. The van der Waals surface area contributed by atoms with Gasteiger partial charge in [-0.15, -0.1) is 0 Å². The van der Waals surface area contributed by atoms with E-state index in [0.29, 0.717) is 11.6 Å². The minimum Gasteiger partial charge on any atom is -0.315 e. The molecule has 1 amide bonds. The predicted molar refractivity (Wildman–Crippen MR) is 94.9 cm³/mol. The Morgan fingerprint density at radius 3 is 2.78 bits per heavy atom. The average molecular weight is 352 g/mol. The number of aliphatic imine (C=N–C) groups is 1. The molecule has 0 bridgehead atoms. The van der Waals surface area contributed by atoms with E-state index in [2.05, 4.69) is 4.99 Å². The molecule has 7 heteroatoms. The van der Waals surface area contributed by atoms with Crippen molar-refractivity contribution in [2.45, 2.75) is 38.5 Å². The molecule has 0 aliphatic carbocycles. The predicted octanol–water partition coefficient (Wildman–Crippen LogP) is 2.31. The zero-order valence-electron chi connectivity index (χ0n) is 13.4. The fraction of sp³-hybridized carbons (Fsp3) is 0.500. The van der Waals surface area contributed by atoms with Gasteiger partial charge in [0.25, 0.3) is 0 Å². The summed E-state index contributed by atoms with van der Waals surface area (Å²) in [6.07, 6.45) is 0.346. The van der Waals surface area contributed by atoms with Crippen molar-refractivity contribution in [2.75, 3.05) is 16.4 Å². The highest BCUT2D eigenvalue weighted by Gasteiger charge is 2.49. The Labute approximate surface area is 141 Å². The number of amides is 1. The highest BCUT2D eigenvalue weighted by molar-refractivity contribution is 8.16. The van der Waals surface area contributed by atoms with Crippen molar-refractivity contribution in [3.05, 3.63) is 29.3 Å². The molecular formula is C16H20N2O3S2. The molecule has 2 saturated heterocycles. The highest BCUT2D eigenvalue weighted by Crippen LogP contribution is 2.42. The molecule has 1 aromatic rings. The molecule has 0 spiro atoms. The van der Waals surface area contributed by atoms with Gasteiger partial charge in [-0.1, -0.05) is 30.8 Å². The van der Waals surface area contributed by atoms with E-state index >= 15 is 0 Å². The summed E-state index contributed by atoms with van der Waals surface area (Å²) in [4.78, 5) is 18.0. The van der Waals surface area contributed by atoms with E-state index in [1.165, 1.54) is 11.8 Å². The van der Waals surface area contributed by atoms with E-state index < -0.39 is 9.84 Å². The van der Waals surface area contributed by atoms with Gasteiger partial charge in [0.1, 0.15) is 0 Å². The molecule has 5 nitrogen and oxygen atoms in total. The molecule has 2 aliphatic heterocycles. The summed E-state index contributed by atoms with van der Waals surface area (Å²) in [6.45, 7) is 5.82. The highest BCUT2D eigenvalue weighted by atomic mass is 32.2. The lowest BCUT2D eigenvalue weighted by Crippen LogP contribution is -2.38. The maximum Gasteiger partial charge on any atom is 0.247 e. The number of rotatable bonds is 2. The number of hydrogen-bond acceptors (Lipinski definition) is 4. The third kappa shape index (κ3) is 3.04. The number of amidine groups is 1. The third-order valence-corrected chi connectivity index (χ3v) is 7.63. The van der Waals surface area contributed by atoms with E-state index in [9.17, 15) is 13.2 Å². The first kappa shape index (κ1) is 16.5. The molecule has 2 atom stereocenters. The number of carbonyl (C=O) groups is 1. The van der Waals surface area contributed by atoms with Crippen LogP contribution in [0.5, 0.6) is 0 Å². The van der Waals surface area contributed by atoms with Crippen LogP contribution in [-0.2, 0) is 14.6 Å². The molecule has 0 saturated carbocycles. The molecule has 23 heavy (non-hydrogen) atoms. The van der Waals surface area contributed by atoms with Crippen molar-refractivity contribution in [3.63, 3.8) is 0 Å². The van der Waals surface area contributed by atoms with Gasteiger partial charge in [0, 0.05) is 17.4 Å². The largest absolute Gasteiger partial charge is 0.315 e. The summed E-state index contributed by atoms with van der Waals surface area (Å²) < 4.78 is 24.0. The van der Waals surface area contributed by atoms with Gasteiger partial charge in [0.2, 0.25) is 5.91 Å². The van der Waals surface area contributed by atoms with Gasteiger partial charge in [-0.2, -0.15) is 4.99 Å². The third-order valence-electron chi connectivity index (χ3n) is 4.42. The summed E-state index contributed by atoms with van der Waals surface area (Å²) in [6, 6.07) is 5.81. The number of anilines is 1. The fourth-order valence-electron chi connectivity index (χ4n) is 3.03. The van der Waals surface area contributed by atoms with E-state index in [4.69, 9.17) is 0 Å². The van der Waals surface area contributed by atoms with Crippen LogP contribution in [0, 0.1) is 13.8 Å². The second-order valence-electron chi connectivity index (χ2n) is 6.03. The standard InChI is InChI=1S/C16H20N2O3S2/c1-4-15(19)17-16-18(12-7-5-6-10(2)11(12)3)13-8-23(20,21)9-14(13)22-16/h5-7,13-14H,4,8-9H2,1-3H3/t13-,14+/m1/s1. The molecule has 124 valence electrons. The second-order valence-corrected chi connectivity index (χ2v) is 9.39. The van der Waals surface area contributed by atoms with Crippen LogP contribution in [0.3, 0.4) is 0 Å². The Morgan fingerprint density at radius 2 is 2.09 bits per heavy atom. The Morgan fingerprint density at radius 1 is 1.35 bits per heavy atom. The molecule has 3 rings (SSSR count). The minimum atomic E-state index is -3.03. The van der Waals surface area contributed by atoms with Gasteiger partial charge >= 0.3 is 0 Å². The van der Waals surface area contributed by atoms with Crippen molar-refractivity contribution in [2.24, 2.45) is 4.99 Å². The average Bonchev–Trinajstić information content (AvgIpc) is 2.93. The number of hydrogen-bond donors (Lipinski definition) is 0. The van der Waals surface area contributed by atoms with Crippen LogP contribution in [0.25, 0.3) is 0 Å². The Bertz CT molecular complexity index is 787. The molecule has 0 unspecified atom stereocenters. The molecule has 0 N–H and O–H groups in total. The SMILES string of the molecule is CCC(=O)N=C1S[C@H]2CS(=O)(=O)C[C@H]2N1c1cccc(C)c1C. The molecule has 2 aliphatic rings. The number of carbonyl (C=O) groups excluding carboxylic acids is 1. The van der Waals surface area contributed by atoms with Gasteiger partial charge in [-0.05, 0) is 31.0 Å². The van der Waals surface area contributed by atoms with Gasteiger partial charge in [-0.3, -0.25) is 4.79 Å². The summed E-state index contributed by atoms with van der Waals surface area (Å²) in [5.41, 5.74) is 3.18. The van der Waals surface area contributed by atoms with Crippen LogP contribution < -0.4 is 4.90 Å². The molecule has 0 aromatic heterocycles. The lowest BCUT2D eigenvalue weighted by molar-refractivity contribution is -0.117. The number of fused-ring (bicyclic) bond motifs is 1. The zero-order chi connectivity index (χ0) is 16.8. The van der Waals surface area contributed by atoms with Gasteiger partial charge in [0.05, 0.1) is 17.5 Å². The molecule has 2 heterocycles. The first-order valence-corrected chi connectivity index (χ1v) is 10.4. The van der Waals surface area contributed by atoms with Crippen molar-refractivity contribution in [1.82, 2.24) is 0 Å². The molecule has 1 aromatic carbocycles. The number of nitrogens with zero attached hydrogens (tertiary/aromatic N) is 2. The number of aryl methyl sites for hydroxylation is 1. The van der Waals surface area contributed by atoms with E-state index in [1.54, 1.807) is 6.92 Å². The molecular weight excluding hydrogens is 332 g/mol. The van der Waals surface area contributed by atoms with Crippen molar-refractivity contribution in [3.8, 4) is 0 Å². The van der Waals surface area contributed by atoms with Crippen LogP contribution in [0.1, 0.15) is 24.5 Å². The Balaban J connectivity index is 2.09. The van der Waals surface area contributed by atoms with Gasteiger partial charge in [0.15, 0.2) is 15.0 Å². The van der Waals surface area contributed by atoms with Crippen molar-refractivity contribution < 1.29 is 13.2 Å². The second kappa shape index (κ2) is 5.94. The van der Waals surface area contributed by atoms with Gasteiger partial charge in [-0.25, -0.2) is 8.42 Å². The van der Waals surface area contributed by atoms with Gasteiger partial charge < -0.3 is 4.90 Å². The minimum absolute atomic E-state index is 0.0525. The Hall–Kier alpha value is -1.34. The van der Waals surface area contributed by atoms with Crippen LogP contribution in [-0.4, -0.2) is 42.3 Å². The number of thioether (sulfide) groups is 1. The van der Waals surface area contributed by atoms with Crippen LogP contribution >= 0.6 is 11.8 Å². The summed E-state index contributed by atoms with van der Waals surface area (Å²) >= 11 is 1.42. The first-order chi connectivity index (χ1) is 10.8. The van der Waals surface area contributed by atoms with Crippen LogP contribution in [0.15, 0.2) is 23.2 Å². The molecule has 2 fully saturated rings. The Kier molecular flexibility index (Phi) is 4.27. The zero-order valence-corrected chi connectivity index (χ0v) is 15.1. The lowest BCUT2D eigenvalue weighted by atomic mass is 10.1. The summed E-state index contributed by atoms with van der Waals surface area (Å²) in [5, 5.41) is 0.582. The van der Waals surface area contributed by atoms with E-state index in [1.807, 2.05) is 36.9 Å². The van der Waals surface area contributed by atoms with Crippen molar-refractivity contribution >= 4 is 38.4 Å². The summed E-state index contributed by atoms with van der Waals surface area (Å²) in [7, 11) is -3.03. The lowest BCUT2D eigenvalue weighted by Gasteiger charge is -2.26. The summed E-state index contributed by atoms with van der Waals surface area (Å²) in [5.74, 6) is 0.103. The van der Waals surface area contributed by atoms with E-state index in [-0.39, 0.29) is 28.7 Å². The number of sulfone groups is 1. The van der Waals surface area contributed by atoms with E-state index in [0.717, 1.165) is 16.8 Å². The van der Waals surface area contributed by atoms with Crippen LogP contribution in [0.2, 0.25) is 0 Å².